The maximum Gasteiger partial charge on any atom is 0.302 e. The number of rotatable bonds is 9. The van der Waals surface area contributed by atoms with Crippen LogP contribution in [0.15, 0.2) is 0 Å². The lowest BCUT2D eigenvalue weighted by atomic mass is 10.2. The third-order valence-corrected chi connectivity index (χ3v) is 2.31. The van der Waals surface area contributed by atoms with Crippen LogP contribution in [-0.2, 0) is 9.53 Å². The maximum absolute atomic E-state index is 10.3. The van der Waals surface area contributed by atoms with Gasteiger partial charge in [0.2, 0.25) is 0 Å². The SMILES string of the molecule is CCCCCCO.CCCCCCOC(C)=O. The maximum atomic E-state index is 10.3. The highest BCUT2D eigenvalue weighted by molar-refractivity contribution is 5.65. The van der Waals surface area contributed by atoms with Crippen molar-refractivity contribution in [2.24, 2.45) is 0 Å². The molecule has 17 heavy (non-hydrogen) atoms. The highest BCUT2D eigenvalue weighted by atomic mass is 16.5. The van der Waals surface area contributed by atoms with E-state index < -0.39 is 0 Å². The number of carbonyl (C=O) groups excluding carboxylic acids is 1. The normalized spacial score (nSPS) is 9.41. The second kappa shape index (κ2) is 17.8. The predicted octanol–water partition coefficient (Wildman–Crippen LogP) is 3.69. The molecule has 3 nitrogen and oxygen atoms in total. The lowest BCUT2D eigenvalue weighted by Gasteiger charge is -1.99. The van der Waals surface area contributed by atoms with Gasteiger partial charge in [-0.3, -0.25) is 4.79 Å². The smallest absolute Gasteiger partial charge is 0.302 e. The minimum absolute atomic E-state index is 0.170. The number of aliphatic hydroxyl groups excluding tert-OH is 1. The van der Waals surface area contributed by atoms with Gasteiger partial charge in [0.25, 0.3) is 0 Å². The van der Waals surface area contributed by atoms with E-state index in [-0.39, 0.29) is 5.97 Å². The van der Waals surface area contributed by atoms with Gasteiger partial charge in [0.05, 0.1) is 6.61 Å². The Morgan fingerprint density at radius 1 is 0.941 bits per heavy atom. The first-order chi connectivity index (χ1) is 8.18. The molecule has 3 heteroatoms. The number of hydrogen-bond donors (Lipinski definition) is 1. The van der Waals surface area contributed by atoms with Crippen molar-refractivity contribution < 1.29 is 14.6 Å². The second-order valence-electron chi connectivity index (χ2n) is 4.18. The lowest BCUT2D eigenvalue weighted by molar-refractivity contribution is -0.141. The quantitative estimate of drug-likeness (QED) is 0.498. The summed E-state index contributed by atoms with van der Waals surface area (Å²) in [5.74, 6) is -0.170. The van der Waals surface area contributed by atoms with Crippen molar-refractivity contribution in [3.8, 4) is 0 Å². The summed E-state index contributed by atoms with van der Waals surface area (Å²) in [4.78, 5) is 10.3. The van der Waals surface area contributed by atoms with Gasteiger partial charge in [-0.05, 0) is 12.8 Å². The highest BCUT2D eigenvalue weighted by Crippen LogP contribution is 1.98. The summed E-state index contributed by atoms with van der Waals surface area (Å²) in [7, 11) is 0. The molecule has 104 valence electrons. The molecule has 0 heterocycles. The van der Waals surface area contributed by atoms with Gasteiger partial charge in [-0.25, -0.2) is 0 Å². The Hall–Kier alpha value is -0.570. The largest absolute Gasteiger partial charge is 0.466 e. The molecule has 0 atom stereocenters. The van der Waals surface area contributed by atoms with E-state index >= 15 is 0 Å². The van der Waals surface area contributed by atoms with E-state index in [4.69, 9.17) is 9.84 Å². The lowest BCUT2D eigenvalue weighted by Crippen LogP contribution is -1.99. The summed E-state index contributed by atoms with van der Waals surface area (Å²) in [5.41, 5.74) is 0. The molecule has 0 amide bonds. The third kappa shape index (κ3) is 25.6. The van der Waals surface area contributed by atoms with Crippen molar-refractivity contribution in [2.45, 2.75) is 72.1 Å². The van der Waals surface area contributed by atoms with E-state index in [1.165, 1.54) is 45.4 Å². The van der Waals surface area contributed by atoms with E-state index in [0.29, 0.717) is 13.2 Å². The topological polar surface area (TPSA) is 46.5 Å². The number of aliphatic hydroxyl groups is 1. The average Bonchev–Trinajstić information content (AvgIpc) is 2.30. The fourth-order valence-electron chi connectivity index (χ4n) is 1.28. The Balaban J connectivity index is 0. The van der Waals surface area contributed by atoms with Gasteiger partial charge in [-0.15, -0.1) is 0 Å². The summed E-state index contributed by atoms with van der Waals surface area (Å²) in [6.45, 7) is 6.72. The van der Waals surface area contributed by atoms with Crippen molar-refractivity contribution in [3.63, 3.8) is 0 Å². The minimum atomic E-state index is -0.170. The van der Waals surface area contributed by atoms with E-state index in [0.717, 1.165) is 12.8 Å². The van der Waals surface area contributed by atoms with Crippen LogP contribution in [0.4, 0.5) is 0 Å². The zero-order chi connectivity index (χ0) is 13.4. The minimum Gasteiger partial charge on any atom is -0.466 e. The van der Waals surface area contributed by atoms with Crippen molar-refractivity contribution in [1.29, 1.82) is 0 Å². The van der Waals surface area contributed by atoms with Crippen LogP contribution in [0.1, 0.15) is 72.1 Å². The fraction of sp³-hybridized carbons (Fsp3) is 0.929. The summed E-state index contributed by atoms with van der Waals surface area (Å²) in [6.07, 6.45) is 9.32. The van der Waals surface area contributed by atoms with Crippen molar-refractivity contribution in [1.82, 2.24) is 0 Å². The summed E-state index contributed by atoms with van der Waals surface area (Å²) < 4.78 is 4.75. The van der Waals surface area contributed by atoms with Crippen molar-refractivity contribution in [2.75, 3.05) is 13.2 Å². The van der Waals surface area contributed by atoms with Crippen LogP contribution in [0.25, 0.3) is 0 Å². The fourth-order valence-corrected chi connectivity index (χ4v) is 1.28. The first-order valence-electron chi connectivity index (χ1n) is 6.93. The summed E-state index contributed by atoms with van der Waals surface area (Å²) >= 11 is 0. The molecule has 0 aliphatic carbocycles. The van der Waals surface area contributed by atoms with E-state index in [1.807, 2.05) is 0 Å². The van der Waals surface area contributed by atoms with Crippen LogP contribution in [-0.4, -0.2) is 24.3 Å². The molecule has 0 rings (SSSR count). The highest BCUT2D eigenvalue weighted by Gasteiger charge is 1.91. The molecule has 0 aromatic carbocycles. The second-order valence-corrected chi connectivity index (χ2v) is 4.18. The Morgan fingerprint density at radius 3 is 1.88 bits per heavy atom. The van der Waals surface area contributed by atoms with Gasteiger partial charge >= 0.3 is 5.97 Å². The van der Waals surface area contributed by atoms with E-state index in [1.54, 1.807) is 0 Å². The van der Waals surface area contributed by atoms with Gasteiger partial charge in [0.15, 0.2) is 0 Å². The molecule has 1 N–H and O–H groups in total. The number of ether oxygens (including phenoxy) is 1. The standard InChI is InChI=1S/C8H16O2.C6H14O/c1-3-4-5-6-7-10-8(2)9;1-2-3-4-5-6-7/h3-7H2,1-2H3;7H,2-6H2,1H3. The van der Waals surface area contributed by atoms with Gasteiger partial charge < -0.3 is 9.84 Å². The van der Waals surface area contributed by atoms with Gasteiger partial charge in [0, 0.05) is 13.5 Å². The molecule has 0 saturated heterocycles. The van der Waals surface area contributed by atoms with Crippen molar-refractivity contribution in [3.05, 3.63) is 0 Å². The van der Waals surface area contributed by atoms with Crippen LogP contribution >= 0.6 is 0 Å². The first-order valence-corrected chi connectivity index (χ1v) is 6.93. The Morgan fingerprint density at radius 2 is 1.47 bits per heavy atom. The van der Waals surface area contributed by atoms with Crippen LogP contribution < -0.4 is 0 Å². The number of unbranched alkanes of at least 4 members (excludes halogenated alkanes) is 6. The van der Waals surface area contributed by atoms with Crippen LogP contribution in [0, 0.1) is 0 Å². The monoisotopic (exact) mass is 246 g/mol. The Labute approximate surface area is 107 Å². The van der Waals surface area contributed by atoms with Crippen LogP contribution in [0.5, 0.6) is 0 Å². The molecule has 0 unspecified atom stereocenters. The number of hydrogen-bond acceptors (Lipinski definition) is 3. The molecule has 0 aliphatic heterocycles. The molecule has 0 aromatic heterocycles. The first kappa shape index (κ1) is 18.8. The third-order valence-electron chi connectivity index (χ3n) is 2.31. The number of esters is 1. The van der Waals surface area contributed by atoms with Gasteiger partial charge in [0.1, 0.15) is 0 Å². The molecule has 0 spiro atoms. The summed E-state index contributed by atoms with van der Waals surface area (Å²) in [6, 6.07) is 0. The average molecular weight is 246 g/mol. The van der Waals surface area contributed by atoms with Gasteiger partial charge in [-0.2, -0.15) is 0 Å². The molecule has 0 bridgehead atoms. The molecule has 0 radical (unpaired) electrons. The number of carbonyl (C=O) groups is 1. The molecular weight excluding hydrogens is 216 g/mol. The predicted molar refractivity (Wildman–Crippen MR) is 72.0 cm³/mol. The molecule has 0 saturated carbocycles. The molecule has 0 fully saturated rings. The molecular formula is C14H30O3. The van der Waals surface area contributed by atoms with E-state index in [9.17, 15) is 4.79 Å². The zero-order valence-corrected chi connectivity index (χ0v) is 11.8. The van der Waals surface area contributed by atoms with Gasteiger partial charge in [-0.1, -0.05) is 52.4 Å². The summed E-state index contributed by atoms with van der Waals surface area (Å²) in [5, 5.41) is 8.29. The molecule has 0 aromatic rings. The zero-order valence-electron chi connectivity index (χ0n) is 11.8. The van der Waals surface area contributed by atoms with E-state index in [2.05, 4.69) is 13.8 Å². The Bertz CT molecular complexity index is 142. The Kier molecular flexibility index (Phi) is 19.7. The van der Waals surface area contributed by atoms with Crippen molar-refractivity contribution >= 4 is 5.97 Å². The van der Waals surface area contributed by atoms with Crippen LogP contribution in [0.3, 0.4) is 0 Å². The van der Waals surface area contributed by atoms with Crippen LogP contribution in [0.2, 0.25) is 0 Å². The molecule has 0 aliphatic rings.